The van der Waals surface area contributed by atoms with Crippen LogP contribution in [-0.4, -0.2) is 58.0 Å². The van der Waals surface area contributed by atoms with Crippen LogP contribution in [0.25, 0.3) is 0 Å². The van der Waals surface area contributed by atoms with Gasteiger partial charge in [-0.3, -0.25) is 14.4 Å². The molecule has 21 heavy (non-hydrogen) atoms. The zero-order chi connectivity index (χ0) is 16.2. The second-order valence-electron chi connectivity index (χ2n) is 5.59. The van der Waals surface area contributed by atoms with Crippen LogP contribution in [0.5, 0.6) is 0 Å². The molecule has 118 valence electrons. The first-order chi connectivity index (χ1) is 9.70. The molecule has 0 saturated carbocycles. The van der Waals surface area contributed by atoms with E-state index in [-0.39, 0.29) is 24.8 Å². The van der Waals surface area contributed by atoms with Crippen molar-refractivity contribution in [3.8, 4) is 0 Å². The van der Waals surface area contributed by atoms with Gasteiger partial charge < -0.3 is 20.4 Å². The van der Waals surface area contributed by atoms with E-state index in [1.807, 2.05) is 13.8 Å². The Morgan fingerprint density at radius 1 is 1.33 bits per heavy atom. The average Bonchev–Trinajstić information content (AvgIpc) is 2.68. The van der Waals surface area contributed by atoms with Crippen molar-refractivity contribution in [3.63, 3.8) is 0 Å². The highest BCUT2D eigenvalue weighted by molar-refractivity contribution is 5.92. The summed E-state index contributed by atoms with van der Waals surface area (Å²) in [4.78, 5) is 46.8. The summed E-state index contributed by atoms with van der Waals surface area (Å²) in [6.45, 7) is 4.68. The van der Waals surface area contributed by atoms with E-state index in [2.05, 4.69) is 5.32 Å². The Bertz CT molecular complexity index is 448. The molecule has 0 aliphatic carbocycles. The third-order valence-electron chi connectivity index (χ3n) is 3.16. The quantitative estimate of drug-likeness (QED) is 0.584. The van der Waals surface area contributed by atoms with Crippen LogP contribution in [0, 0.1) is 11.8 Å². The summed E-state index contributed by atoms with van der Waals surface area (Å²) in [7, 11) is 0. The SMILES string of the molecule is CC(C)CN1CC(C(=O)N[C@@H](CC(=O)O)C(=O)O)CC1=O. The van der Waals surface area contributed by atoms with Crippen LogP contribution in [0.2, 0.25) is 0 Å². The molecule has 0 bridgehead atoms. The maximum Gasteiger partial charge on any atom is 0.326 e. The highest BCUT2D eigenvalue weighted by atomic mass is 16.4. The molecule has 3 N–H and O–H groups in total. The van der Waals surface area contributed by atoms with E-state index < -0.39 is 36.2 Å². The lowest BCUT2D eigenvalue weighted by atomic mass is 10.1. The summed E-state index contributed by atoms with van der Waals surface area (Å²) < 4.78 is 0. The molecule has 1 heterocycles. The molecule has 1 aliphatic heterocycles. The minimum absolute atomic E-state index is 0.0258. The normalized spacial score (nSPS) is 19.7. The van der Waals surface area contributed by atoms with Crippen LogP contribution in [0.15, 0.2) is 0 Å². The number of rotatable bonds is 7. The zero-order valence-electron chi connectivity index (χ0n) is 12.0. The first-order valence-corrected chi connectivity index (χ1v) is 6.73. The Labute approximate surface area is 122 Å². The monoisotopic (exact) mass is 300 g/mol. The number of hydrogen-bond acceptors (Lipinski definition) is 4. The number of nitrogens with zero attached hydrogens (tertiary/aromatic N) is 1. The highest BCUT2D eigenvalue weighted by Gasteiger charge is 2.36. The molecular weight excluding hydrogens is 280 g/mol. The van der Waals surface area contributed by atoms with Crippen LogP contribution < -0.4 is 5.32 Å². The first-order valence-electron chi connectivity index (χ1n) is 6.73. The second-order valence-corrected chi connectivity index (χ2v) is 5.59. The Kier molecular flexibility index (Phi) is 5.69. The third kappa shape index (κ3) is 5.05. The van der Waals surface area contributed by atoms with Gasteiger partial charge in [0.2, 0.25) is 11.8 Å². The number of hydrogen-bond donors (Lipinski definition) is 3. The molecule has 8 nitrogen and oxygen atoms in total. The van der Waals surface area contributed by atoms with E-state index in [4.69, 9.17) is 10.2 Å². The maximum absolute atomic E-state index is 12.0. The van der Waals surface area contributed by atoms with E-state index in [0.717, 1.165) is 0 Å². The van der Waals surface area contributed by atoms with E-state index in [9.17, 15) is 19.2 Å². The van der Waals surface area contributed by atoms with Gasteiger partial charge in [0, 0.05) is 19.5 Å². The molecule has 8 heteroatoms. The summed E-state index contributed by atoms with van der Waals surface area (Å²) in [6.07, 6.45) is -0.671. The van der Waals surface area contributed by atoms with Crippen molar-refractivity contribution >= 4 is 23.8 Å². The number of likely N-dealkylation sites (tertiary alicyclic amines) is 1. The number of carboxylic acid groups (broad SMARTS) is 2. The summed E-state index contributed by atoms with van der Waals surface area (Å²) in [5.41, 5.74) is 0. The summed E-state index contributed by atoms with van der Waals surface area (Å²) >= 11 is 0. The first kappa shape index (κ1) is 16.9. The molecule has 0 aromatic carbocycles. The lowest BCUT2D eigenvalue weighted by Crippen LogP contribution is -2.45. The van der Waals surface area contributed by atoms with Crippen LogP contribution in [-0.2, 0) is 19.2 Å². The van der Waals surface area contributed by atoms with Gasteiger partial charge in [-0.1, -0.05) is 13.8 Å². The fraction of sp³-hybridized carbons (Fsp3) is 0.692. The van der Waals surface area contributed by atoms with Gasteiger partial charge in [-0.25, -0.2) is 4.79 Å². The van der Waals surface area contributed by atoms with Crippen molar-refractivity contribution in [1.82, 2.24) is 10.2 Å². The molecule has 2 atom stereocenters. The van der Waals surface area contributed by atoms with Crippen molar-refractivity contribution in [2.75, 3.05) is 13.1 Å². The molecule has 1 rings (SSSR count). The van der Waals surface area contributed by atoms with Gasteiger partial charge in [0.25, 0.3) is 0 Å². The van der Waals surface area contributed by atoms with Crippen molar-refractivity contribution < 1.29 is 29.4 Å². The van der Waals surface area contributed by atoms with Gasteiger partial charge in [0.1, 0.15) is 6.04 Å². The highest BCUT2D eigenvalue weighted by Crippen LogP contribution is 2.19. The number of nitrogens with one attached hydrogen (secondary N) is 1. The van der Waals surface area contributed by atoms with Crippen molar-refractivity contribution in [1.29, 1.82) is 0 Å². The summed E-state index contributed by atoms with van der Waals surface area (Å²) in [5, 5.41) is 19.7. The van der Waals surface area contributed by atoms with E-state index in [0.29, 0.717) is 6.54 Å². The third-order valence-corrected chi connectivity index (χ3v) is 3.16. The van der Waals surface area contributed by atoms with E-state index in [1.54, 1.807) is 4.90 Å². The van der Waals surface area contributed by atoms with E-state index >= 15 is 0 Å². The van der Waals surface area contributed by atoms with Gasteiger partial charge in [-0.05, 0) is 5.92 Å². The van der Waals surface area contributed by atoms with E-state index in [1.165, 1.54) is 0 Å². The number of carboxylic acids is 2. The van der Waals surface area contributed by atoms with Crippen LogP contribution in [0.1, 0.15) is 26.7 Å². The lowest BCUT2D eigenvalue weighted by Gasteiger charge is -2.19. The minimum Gasteiger partial charge on any atom is -0.481 e. The second kappa shape index (κ2) is 7.05. The summed E-state index contributed by atoms with van der Waals surface area (Å²) in [6, 6.07) is -1.48. The maximum atomic E-state index is 12.0. The largest absolute Gasteiger partial charge is 0.481 e. The van der Waals surface area contributed by atoms with Gasteiger partial charge in [0.15, 0.2) is 0 Å². The minimum atomic E-state index is -1.48. The van der Waals surface area contributed by atoms with Gasteiger partial charge in [-0.2, -0.15) is 0 Å². The molecule has 1 unspecified atom stereocenters. The van der Waals surface area contributed by atoms with Gasteiger partial charge >= 0.3 is 11.9 Å². The Morgan fingerprint density at radius 3 is 2.43 bits per heavy atom. The molecule has 1 aliphatic rings. The average molecular weight is 300 g/mol. The number of aliphatic carboxylic acids is 2. The standard InChI is InChI=1S/C13H20N2O6/c1-7(2)5-15-6-8(3-10(15)16)12(19)14-9(13(20)21)4-11(17)18/h7-9H,3-6H2,1-2H3,(H,14,19)(H,17,18)(H,20,21)/t8?,9-/m0/s1. The molecule has 0 aromatic rings. The fourth-order valence-electron chi connectivity index (χ4n) is 2.23. The Morgan fingerprint density at radius 2 is 1.95 bits per heavy atom. The topological polar surface area (TPSA) is 124 Å². The predicted octanol–water partition coefficient (Wildman–Crippen LogP) is -0.465. The Hall–Kier alpha value is -2.12. The van der Waals surface area contributed by atoms with Gasteiger partial charge in [0.05, 0.1) is 12.3 Å². The summed E-state index contributed by atoms with van der Waals surface area (Å²) in [5.74, 6) is -3.82. The molecule has 1 fully saturated rings. The number of amides is 2. The van der Waals surface area contributed by atoms with Crippen molar-refractivity contribution in [3.05, 3.63) is 0 Å². The zero-order valence-corrected chi connectivity index (χ0v) is 12.0. The van der Waals surface area contributed by atoms with Crippen LogP contribution in [0.4, 0.5) is 0 Å². The van der Waals surface area contributed by atoms with Gasteiger partial charge in [-0.15, -0.1) is 0 Å². The van der Waals surface area contributed by atoms with Crippen LogP contribution >= 0.6 is 0 Å². The number of carbonyl (C=O) groups is 4. The fourth-order valence-corrected chi connectivity index (χ4v) is 2.23. The molecule has 0 radical (unpaired) electrons. The predicted molar refractivity (Wildman–Crippen MR) is 71.3 cm³/mol. The molecular formula is C13H20N2O6. The lowest BCUT2D eigenvalue weighted by molar-refractivity contribution is -0.147. The molecule has 2 amide bonds. The molecule has 0 spiro atoms. The molecule has 1 saturated heterocycles. The number of carbonyl (C=O) groups excluding carboxylic acids is 2. The Balaban J connectivity index is 2.61. The smallest absolute Gasteiger partial charge is 0.326 e. The van der Waals surface area contributed by atoms with Crippen LogP contribution in [0.3, 0.4) is 0 Å². The van der Waals surface area contributed by atoms with Crippen molar-refractivity contribution in [2.24, 2.45) is 11.8 Å². The van der Waals surface area contributed by atoms with Crippen molar-refractivity contribution in [2.45, 2.75) is 32.7 Å². The molecule has 0 aromatic heterocycles.